The highest BCUT2D eigenvalue weighted by Crippen LogP contribution is 2.72. The molecular weight excluding hydrogens is 200 g/mol. The Morgan fingerprint density at radius 1 is 1.19 bits per heavy atom. The maximum atomic E-state index is 12.7. The van der Waals surface area contributed by atoms with Gasteiger partial charge in [0.15, 0.2) is 0 Å². The minimum absolute atomic E-state index is 0.102. The predicted octanol–water partition coefficient (Wildman–Crippen LogP) is 2.75. The Morgan fingerprint density at radius 2 is 1.88 bits per heavy atom. The number of carbonyl (C=O) groups excluding carboxylic acids is 2. The van der Waals surface area contributed by atoms with E-state index in [2.05, 4.69) is 20.8 Å². The van der Waals surface area contributed by atoms with Crippen molar-refractivity contribution < 1.29 is 9.59 Å². The van der Waals surface area contributed by atoms with Gasteiger partial charge < -0.3 is 0 Å². The van der Waals surface area contributed by atoms with Crippen molar-refractivity contribution in [3.05, 3.63) is 0 Å². The van der Waals surface area contributed by atoms with E-state index in [1.165, 1.54) is 0 Å². The van der Waals surface area contributed by atoms with E-state index in [0.717, 1.165) is 19.3 Å². The first-order valence-corrected chi connectivity index (χ1v) is 6.38. The summed E-state index contributed by atoms with van der Waals surface area (Å²) in [6.45, 7) is 6.37. The van der Waals surface area contributed by atoms with Gasteiger partial charge in [0.1, 0.15) is 11.6 Å². The van der Waals surface area contributed by atoms with E-state index in [4.69, 9.17) is 0 Å². The van der Waals surface area contributed by atoms with Crippen molar-refractivity contribution in [2.75, 3.05) is 0 Å². The molecule has 3 aliphatic rings. The second-order valence-corrected chi connectivity index (χ2v) is 7.08. The number of Topliss-reactive ketones (excluding diaryl/α,β-unsaturated/α-hetero) is 2. The molecule has 0 aromatic carbocycles. The summed E-state index contributed by atoms with van der Waals surface area (Å²) in [6, 6.07) is 0. The molecule has 3 rings (SSSR count). The smallest absolute Gasteiger partial charge is 0.145 e. The second-order valence-electron chi connectivity index (χ2n) is 7.08. The summed E-state index contributed by atoms with van der Waals surface area (Å²) >= 11 is 0. The van der Waals surface area contributed by atoms with Crippen LogP contribution in [0, 0.1) is 22.2 Å². The van der Waals surface area contributed by atoms with Crippen molar-refractivity contribution in [3.63, 3.8) is 0 Å². The van der Waals surface area contributed by atoms with E-state index in [1.807, 2.05) is 0 Å². The van der Waals surface area contributed by atoms with Gasteiger partial charge in [0.05, 0.1) is 0 Å². The Morgan fingerprint density at radius 3 is 2.56 bits per heavy atom. The molecule has 0 bridgehead atoms. The zero-order valence-corrected chi connectivity index (χ0v) is 10.4. The van der Waals surface area contributed by atoms with Crippen LogP contribution < -0.4 is 0 Å². The topological polar surface area (TPSA) is 34.1 Å². The van der Waals surface area contributed by atoms with E-state index in [0.29, 0.717) is 30.3 Å². The maximum absolute atomic E-state index is 12.7. The fourth-order valence-electron chi connectivity index (χ4n) is 5.19. The molecule has 0 N–H and O–H groups in total. The monoisotopic (exact) mass is 220 g/mol. The quantitative estimate of drug-likeness (QED) is 0.629. The molecule has 3 fully saturated rings. The van der Waals surface area contributed by atoms with Crippen LogP contribution in [0.3, 0.4) is 0 Å². The largest absolute Gasteiger partial charge is 0.300 e. The lowest BCUT2D eigenvalue weighted by atomic mass is 9.66. The Kier molecular flexibility index (Phi) is 1.70. The van der Waals surface area contributed by atoms with E-state index in [-0.39, 0.29) is 16.2 Å². The number of carbonyl (C=O) groups is 2. The molecule has 2 heteroatoms. The van der Waals surface area contributed by atoms with Crippen LogP contribution >= 0.6 is 0 Å². The molecule has 88 valence electrons. The van der Waals surface area contributed by atoms with Crippen LogP contribution in [0.2, 0.25) is 0 Å². The maximum Gasteiger partial charge on any atom is 0.145 e. The fourth-order valence-corrected chi connectivity index (χ4v) is 5.19. The summed E-state index contributed by atoms with van der Waals surface area (Å²) in [5.74, 6) is 1.07. The van der Waals surface area contributed by atoms with Crippen molar-refractivity contribution in [2.45, 2.75) is 52.9 Å². The SMILES string of the molecule is CC1(C)C[C@]2(C)CC[C@H]3CC(=O)CC32C1=O. The highest BCUT2D eigenvalue weighted by molar-refractivity contribution is 6.00. The summed E-state index contributed by atoms with van der Waals surface area (Å²) in [6.07, 6.45) is 4.40. The molecular formula is C14H20O2. The first-order chi connectivity index (χ1) is 7.32. The number of hydrogen-bond donors (Lipinski definition) is 0. The van der Waals surface area contributed by atoms with E-state index in [1.54, 1.807) is 0 Å². The van der Waals surface area contributed by atoms with Crippen molar-refractivity contribution >= 4 is 11.6 Å². The molecule has 1 unspecified atom stereocenters. The van der Waals surface area contributed by atoms with Gasteiger partial charge in [0, 0.05) is 23.7 Å². The molecule has 0 radical (unpaired) electrons. The van der Waals surface area contributed by atoms with Gasteiger partial charge in [-0.15, -0.1) is 0 Å². The molecule has 3 aliphatic carbocycles. The van der Waals surface area contributed by atoms with Gasteiger partial charge in [0.25, 0.3) is 0 Å². The van der Waals surface area contributed by atoms with Crippen molar-refractivity contribution in [3.8, 4) is 0 Å². The van der Waals surface area contributed by atoms with Gasteiger partial charge >= 0.3 is 0 Å². The van der Waals surface area contributed by atoms with Crippen LogP contribution in [0.5, 0.6) is 0 Å². The summed E-state index contributed by atoms with van der Waals surface area (Å²) in [5.41, 5.74) is -0.379. The van der Waals surface area contributed by atoms with Gasteiger partial charge in [-0.1, -0.05) is 20.8 Å². The van der Waals surface area contributed by atoms with E-state index < -0.39 is 0 Å². The average molecular weight is 220 g/mol. The van der Waals surface area contributed by atoms with Crippen molar-refractivity contribution in [1.82, 2.24) is 0 Å². The number of hydrogen-bond acceptors (Lipinski definition) is 2. The zero-order valence-electron chi connectivity index (χ0n) is 10.4. The first-order valence-electron chi connectivity index (χ1n) is 6.38. The van der Waals surface area contributed by atoms with Crippen LogP contribution in [-0.2, 0) is 9.59 Å². The molecule has 0 aliphatic heterocycles. The van der Waals surface area contributed by atoms with Gasteiger partial charge in [-0.25, -0.2) is 0 Å². The molecule has 0 aromatic rings. The lowest BCUT2D eigenvalue weighted by molar-refractivity contribution is -0.136. The zero-order chi connectivity index (χ0) is 11.8. The van der Waals surface area contributed by atoms with Crippen molar-refractivity contribution in [1.29, 1.82) is 0 Å². The van der Waals surface area contributed by atoms with Crippen LogP contribution in [0.25, 0.3) is 0 Å². The van der Waals surface area contributed by atoms with Gasteiger partial charge in [-0.3, -0.25) is 9.59 Å². The summed E-state index contributed by atoms with van der Waals surface area (Å²) < 4.78 is 0. The average Bonchev–Trinajstić information content (AvgIpc) is 2.65. The lowest BCUT2D eigenvalue weighted by Gasteiger charge is -2.35. The number of rotatable bonds is 0. The van der Waals surface area contributed by atoms with E-state index in [9.17, 15) is 9.59 Å². The van der Waals surface area contributed by atoms with Crippen LogP contribution in [0.15, 0.2) is 0 Å². The third-order valence-corrected chi connectivity index (χ3v) is 5.62. The highest BCUT2D eigenvalue weighted by Gasteiger charge is 2.72. The standard InChI is InChI=1S/C14H20O2/c1-12(2)8-13(3)5-4-9-6-10(15)7-14(9,13)11(12)16/h9H,4-8H2,1-3H3/t9-,13-,14?/m0/s1. The third-order valence-electron chi connectivity index (χ3n) is 5.62. The van der Waals surface area contributed by atoms with Crippen LogP contribution in [-0.4, -0.2) is 11.6 Å². The molecule has 1 spiro atoms. The van der Waals surface area contributed by atoms with E-state index >= 15 is 0 Å². The van der Waals surface area contributed by atoms with Gasteiger partial charge in [-0.05, 0) is 30.6 Å². The Bertz CT molecular complexity index is 396. The molecule has 3 saturated carbocycles. The third kappa shape index (κ3) is 0.906. The Labute approximate surface area is 96.8 Å². The first kappa shape index (κ1) is 10.5. The second kappa shape index (κ2) is 2.60. The summed E-state index contributed by atoms with van der Waals surface area (Å²) in [7, 11) is 0. The summed E-state index contributed by atoms with van der Waals surface area (Å²) in [4.78, 5) is 24.5. The van der Waals surface area contributed by atoms with Gasteiger partial charge in [-0.2, -0.15) is 0 Å². The molecule has 0 heterocycles. The summed E-state index contributed by atoms with van der Waals surface area (Å²) in [5, 5.41) is 0. The number of ketones is 2. The lowest BCUT2D eigenvalue weighted by Crippen LogP contribution is -2.39. The molecule has 3 atom stereocenters. The highest BCUT2D eigenvalue weighted by atomic mass is 16.1. The van der Waals surface area contributed by atoms with Crippen LogP contribution in [0.4, 0.5) is 0 Å². The molecule has 2 nitrogen and oxygen atoms in total. The van der Waals surface area contributed by atoms with Gasteiger partial charge in [0.2, 0.25) is 0 Å². The minimum atomic E-state index is -0.270. The fraction of sp³-hybridized carbons (Fsp3) is 0.857. The predicted molar refractivity (Wildman–Crippen MR) is 60.9 cm³/mol. The molecule has 16 heavy (non-hydrogen) atoms. The Hall–Kier alpha value is -0.660. The minimum Gasteiger partial charge on any atom is -0.300 e. The molecule has 0 saturated heterocycles. The molecule has 0 aromatic heterocycles. The normalized spacial score (nSPS) is 49.6. The Balaban J connectivity index is 2.16. The van der Waals surface area contributed by atoms with Crippen LogP contribution in [0.1, 0.15) is 52.9 Å². The molecule has 0 amide bonds. The van der Waals surface area contributed by atoms with Crippen molar-refractivity contribution in [2.24, 2.45) is 22.2 Å².